The first kappa shape index (κ1) is 14.1. The molecule has 19 heavy (non-hydrogen) atoms. The molecule has 0 aliphatic carbocycles. The van der Waals surface area contributed by atoms with E-state index in [0.29, 0.717) is 17.6 Å². The van der Waals surface area contributed by atoms with E-state index in [1.807, 2.05) is 20.8 Å². The van der Waals surface area contributed by atoms with Crippen LogP contribution in [0.3, 0.4) is 0 Å². The van der Waals surface area contributed by atoms with Gasteiger partial charge in [-0.3, -0.25) is 0 Å². The first-order valence-electron chi connectivity index (χ1n) is 6.13. The fourth-order valence-corrected chi connectivity index (χ4v) is 2.76. The number of aromatic nitrogens is 1. The minimum absolute atomic E-state index is 0.0357. The second-order valence-electron chi connectivity index (χ2n) is 4.66. The van der Waals surface area contributed by atoms with Gasteiger partial charge in [0, 0.05) is 17.5 Å². The molecule has 1 aromatic carbocycles. The van der Waals surface area contributed by atoms with Crippen LogP contribution in [0, 0.1) is 18.6 Å². The summed E-state index contributed by atoms with van der Waals surface area (Å²) in [5, 5.41) is 3.68. The van der Waals surface area contributed by atoms with Crippen LogP contribution in [-0.2, 0) is 6.54 Å². The van der Waals surface area contributed by atoms with E-state index in [2.05, 4.69) is 10.3 Å². The van der Waals surface area contributed by atoms with Crippen LogP contribution in [0.25, 0.3) is 10.6 Å². The van der Waals surface area contributed by atoms with E-state index in [-0.39, 0.29) is 5.56 Å². The van der Waals surface area contributed by atoms with E-state index in [4.69, 9.17) is 0 Å². The van der Waals surface area contributed by atoms with Crippen molar-refractivity contribution in [1.29, 1.82) is 0 Å². The van der Waals surface area contributed by atoms with Crippen molar-refractivity contribution in [2.75, 3.05) is 0 Å². The van der Waals surface area contributed by atoms with Crippen molar-refractivity contribution in [3.63, 3.8) is 0 Å². The second kappa shape index (κ2) is 5.75. The van der Waals surface area contributed by atoms with Gasteiger partial charge in [0.1, 0.15) is 16.6 Å². The lowest BCUT2D eigenvalue weighted by molar-refractivity contribution is 0.589. The fourth-order valence-electron chi connectivity index (χ4n) is 1.70. The van der Waals surface area contributed by atoms with Crippen LogP contribution in [0.1, 0.15) is 24.4 Å². The molecule has 0 aliphatic rings. The topological polar surface area (TPSA) is 24.9 Å². The Morgan fingerprint density at radius 3 is 2.47 bits per heavy atom. The van der Waals surface area contributed by atoms with Crippen LogP contribution in [0.4, 0.5) is 8.78 Å². The third-order valence-corrected chi connectivity index (χ3v) is 3.92. The smallest absolute Gasteiger partial charge is 0.136 e. The Bertz CT molecular complexity index is 559. The third-order valence-electron chi connectivity index (χ3n) is 2.74. The van der Waals surface area contributed by atoms with Gasteiger partial charge < -0.3 is 5.32 Å². The van der Waals surface area contributed by atoms with Gasteiger partial charge in [-0.05, 0) is 19.1 Å². The van der Waals surface area contributed by atoms with Crippen LogP contribution in [0.15, 0.2) is 18.2 Å². The third kappa shape index (κ3) is 3.16. The number of nitrogens with one attached hydrogen (secondary N) is 1. The fraction of sp³-hybridized carbons (Fsp3) is 0.357. The summed E-state index contributed by atoms with van der Waals surface area (Å²) >= 11 is 1.33. The zero-order valence-electron chi connectivity index (χ0n) is 11.1. The largest absolute Gasteiger partial charge is 0.310 e. The molecule has 1 aromatic heterocycles. The van der Waals surface area contributed by atoms with Crippen LogP contribution in [0.5, 0.6) is 0 Å². The number of halogens is 2. The predicted octanol–water partition coefficient (Wildman–Crippen LogP) is 3.89. The molecule has 2 aromatic rings. The van der Waals surface area contributed by atoms with Crippen molar-refractivity contribution < 1.29 is 8.78 Å². The summed E-state index contributed by atoms with van der Waals surface area (Å²) in [4.78, 5) is 5.28. The normalized spacial score (nSPS) is 11.3. The highest BCUT2D eigenvalue weighted by molar-refractivity contribution is 7.15. The lowest BCUT2D eigenvalue weighted by Crippen LogP contribution is -2.21. The van der Waals surface area contributed by atoms with Gasteiger partial charge in [-0.15, -0.1) is 11.3 Å². The summed E-state index contributed by atoms with van der Waals surface area (Å²) < 4.78 is 27.4. The molecule has 0 saturated heterocycles. The second-order valence-corrected chi connectivity index (χ2v) is 5.74. The number of hydrogen-bond acceptors (Lipinski definition) is 3. The Morgan fingerprint density at radius 2 is 1.89 bits per heavy atom. The molecule has 0 saturated carbocycles. The highest BCUT2D eigenvalue weighted by Gasteiger charge is 2.16. The Labute approximate surface area is 115 Å². The molecule has 1 N–H and O–H groups in total. The van der Waals surface area contributed by atoms with E-state index in [1.54, 1.807) is 0 Å². The van der Waals surface area contributed by atoms with Gasteiger partial charge in [0.25, 0.3) is 0 Å². The number of aryl methyl sites for hydroxylation is 1. The molecule has 2 nitrogen and oxygen atoms in total. The van der Waals surface area contributed by atoms with Gasteiger partial charge in [0.2, 0.25) is 0 Å². The van der Waals surface area contributed by atoms with Crippen molar-refractivity contribution in [2.24, 2.45) is 0 Å². The highest BCUT2D eigenvalue weighted by atomic mass is 32.1. The molecule has 102 valence electrons. The molecule has 0 bridgehead atoms. The molecule has 1 heterocycles. The molecule has 0 spiro atoms. The molecule has 0 atom stereocenters. The van der Waals surface area contributed by atoms with Gasteiger partial charge in [0.05, 0.1) is 11.3 Å². The Hall–Kier alpha value is -1.33. The monoisotopic (exact) mass is 282 g/mol. The number of thiazole rings is 1. The van der Waals surface area contributed by atoms with E-state index < -0.39 is 11.6 Å². The lowest BCUT2D eigenvalue weighted by atomic mass is 10.2. The zero-order chi connectivity index (χ0) is 14.0. The van der Waals surface area contributed by atoms with Crippen molar-refractivity contribution in [3.05, 3.63) is 40.4 Å². The lowest BCUT2D eigenvalue weighted by Gasteiger charge is -2.05. The molecule has 2 rings (SSSR count). The Kier molecular flexibility index (Phi) is 4.27. The highest BCUT2D eigenvalue weighted by Crippen LogP contribution is 2.31. The molecule has 0 fully saturated rings. The van der Waals surface area contributed by atoms with Crippen LogP contribution in [-0.4, -0.2) is 11.0 Å². The number of nitrogens with zero attached hydrogens (tertiary/aromatic N) is 1. The molecule has 0 aliphatic heterocycles. The summed E-state index contributed by atoms with van der Waals surface area (Å²) in [6, 6.07) is 4.22. The summed E-state index contributed by atoms with van der Waals surface area (Å²) in [7, 11) is 0. The number of hydrogen-bond donors (Lipinski definition) is 1. The van der Waals surface area contributed by atoms with E-state index in [1.165, 1.54) is 29.5 Å². The van der Waals surface area contributed by atoms with Gasteiger partial charge in [-0.1, -0.05) is 19.9 Å². The summed E-state index contributed by atoms with van der Waals surface area (Å²) in [6.07, 6.45) is 0. The minimum atomic E-state index is -0.572. The summed E-state index contributed by atoms with van der Waals surface area (Å²) in [5.74, 6) is -1.14. The van der Waals surface area contributed by atoms with E-state index in [9.17, 15) is 8.78 Å². The standard InChI is InChI=1S/C14H16F2N2S/c1-8(2)17-7-12-9(3)18-14(19-12)13-10(15)5-4-6-11(13)16/h4-6,8,17H,7H2,1-3H3. The van der Waals surface area contributed by atoms with Crippen molar-refractivity contribution in [3.8, 4) is 10.6 Å². The number of benzene rings is 1. The van der Waals surface area contributed by atoms with Crippen LogP contribution in [0.2, 0.25) is 0 Å². The maximum absolute atomic E-state index is 13.7. The minimum Gasteiger partial charge on any atom is -0.310 e. The Balaban J connectivity index is 2.34. The predicted molar refractivity (Wildman–Crippen MR) is 74.2 cm³/mol. The summed E-state index contributed by atoms with van der Waals surface area (Å²) in [5.41, 5.74) is 0.780. The molecule has 0 radical (unpaired) electrons. The average molecular weight is 282 g/mol. The molecule has 0 amide bonds. The van der Waals surface area contributed by atoms with Crippen LogP contribution >= 0.6 is 11.3 Å². The first-order valence-corrected chi connectivity index (χ1v) is 6.94. The zero-order valence-corrected chi connectivity index (χ0v) is 11.9. The maximum Gasteiger partial charge on any atom is 0.136 e. The van der Waals surface area contributed by atoms with Crippen molar-refractivity contribution in [2.45, 2.75) is 33.4 Å². The van der Waals surface area contributed by atoms with Crippen LogP contribution < -0.4 is 5.32 Å². The maximum atomic E-state index is 13.7. The molecule has 0 unspecified atom stereocenters. The first-order chi connectivity index (χ1) is 8.99. The summed E-state index contributed by atoms with van der Waals surface area (Å²) in [6.45, 7) is 6.62. The SMILES string of the molecule is Cc1nc(-c2c(F)cccc2F)sc1CNC(C)C. The average Bonchev–Trinajstić information content (AvgIpc) is 2.67. The molecular weight excluding hydrogens is 266 g/mol. The van der Waals surface area contributed by atoms with Crippen molar-refractivity contribution >= 4 is 11.3 Å². The van der Waals surface area contributed by atoms with Gasteiger partial charge in [0.15, 0.2) is 0 Å². The van der Waals surface area contributed by atoms with Gasteiger partial charge in [-0.2, -0.15) is 0 Å². The number of rotatable bonds is 4. The van der Waals surface area contributed by atoms with E-state index in [0.717, 1.165) is 10.6 Å². The van der Waals surface area contributed by atoms with Gasteiger partial charge >= 0.3 is 0 Å². The van der Waals surface area contributed by atoms with E-state index >= 15 is 0 Å². The molecule has 5 heteroatoms. The Morgan fingerprint density at radius 1 is 1.26 bits per heavy atom. The quantitative estimate of drug-likeness (QED) is 0.920. The molecular formula is C14H16F2N2S. The van der Waals surface area contributed by atoms with Gasteiger partial charge in [-0.25, -0.2) is 13.8 Å². The van der Waals surface area contributed by atoms with Crippen molar-refractivity contribution in [1.82, 2.24) is 10.3 Å².